The largest absolute Gasteiger partial charge is 0.508 e. The minimum atomic E-state index is -1.09. The zero-order valence-electron chi connectivity index (χ0n) is 18.6. The third-order valence-corrected chi connectivity index (χ3v) is 6.55. The van der Waals surface area contributed by atoms with Crippen molar-refractivity contribution < 1.29 is 15.0 Å². The minimum absolute atomic E-state index is 0.142. The summed E-state index contributed by atoms with van der Waals surface area (Å²) in [5.41, 5.74) is 5.85. The van der Waals surface area contributed by atoms with Crippen molar-refractivity contribution in [3.05, 3.63) is 124 Å². The molecule has 1 amide bonds. The molecule has 1 atom stereocenters. The van der Waals surface area contributed by atoms with Gasteiger partial charge in [-0.25, -0.2) is 0 Å². The fraction of sp³-hybridized carbons (Fsp3) is 0.138. The van der Waals surface area contributed by atoms with Gasteiger partial charge < -0.3 is 15.5 Å². The molecule has 4 heteroatoms. The number of rotatable bonds is 4. The predicted molar refractivity (Wildman–Crippen MR) is 130 cm³/mol. The van der Waals surface area contributed by atoms with Crippen LogP contribution in [0.5, 0.6) is 11.5 Å². The maximum atomic E-state index is 13.8. The molecule has 4 aromatic carbocycles. The van der Waals surface area contributed by atoms with Crippen molar-refractivity contribution in [1.82, 2.24) is 0 Å². The van der Waals surface area contributed by atoms with Gasteiger partial charge in [0.2, 0.25) is 5.91 Å². The van der Waals surface area contributed by atoms with E-state index in [4.69, 9.17) is 0 Å². The van der Waals surface area contributed by atoms with Crippen LogP contribution >= 0.6 is 0 Å². The van der Waals surface area contributed by atoms with E-state index >= 15 is 0 Å². The maximum Gasteiger partial charge on any atom is 0.244 e. The molecule has 4 nitrogen and oxygen atoms in total. The van der Waals surface area contributed by atoms with Crippen molar-refractivity contribution in [2.24, 2.45) is 0 Å². The summed E-state index contributed by atoms with van der Waals surface area (Å²) < 4.78 is 0. The van der Waals surface area contributed by atoms with E-state index in [1.807, 2.05) is 56.3 Å². The normalized spacial score (nSPS) is 17.0. The first-order valence-electron chi connectivity index (χ1n) is 11.0. The Labute approximate surface area is 193 Å². The summed E-state index contributed by atoms with van der Waals surface area (Å²) in [7, 11) is 0. The van der Waals surface area contributed by atoms with E-state index in [0.29, 0.717) is 11.1 Å². The number of aryl methyl sites for hydroxylation is 2. The van der Waals surface area contributed by atoms with E-state index < -0.39 is 5.41 Å². The molecule has 0 spiro atoms. The van der Waals surface area contributed by atoms with E-state index in [9.17, 15) is 15.0 Å². The summed E-state index contributed by atoms with van der Waals surface area (Å²) in [5.74, 6) is 0.227. The first-order valence-corrected chi connectivity index (χ1v) is 11.0. The summed E-state index contributed by atoms with van der Waals surface area (Å²) in [6, 6.07) is 26.9. The highest BCUT2D eigenvalue weighted by atomic mass is 16.3. The number of aromatic hydroxyl groups is 2. The molecule has 4 aromatic rings. The average molecular weight is 436 g/mol. The first-order chi connectivity index (χ1) is 15.9. The number of benzene rings is 4. The lowest BCUT2D eigenvalue weighted by molar-refractivity contribution is -0.118. The number of nitrogens with one attached hydrogen (secondary N) is 1. The van der Waals surface area contributed by atoms with E-state index in [2.05, 4.69) is 23.5 Å². The average Bonchev–Trinajstić information content (AvgIpc) is 3.10. The molecule has 0 aliphatic carbocycles. The van der Waals surface area contributed by atoms with E-state index in [1.165, 1.54) is 5.56 Å². The summed E-state index contributed by atoms with van der Waals surface area (Å²) in [6.07, 6.45) is 0.771. The van der Waals surface area contributed by atoms with Crippen molar-refractivity contribution in [1.29, 1.82) is 0 Å². The van der Waals surface area contributed by atoms with Crippen LogP contribution in [0.3, 0.4) is 0 Å². The number of hydrogen-bond acceptors (Lipinski definition) is 3. The number of carbonyl (C=O) groups excluding carboxylic acids is 1. The van der Waals surface area contributed by atoms with Crippen LogP contribution in [-0.2, 0) is 16.6 Å². The van der Waals surface area contributed by atoms with Gasteiger partial charge in [0.1, 0.15) is 16.9 Å². The first kappa shape index (κ1) is 20.8. The zero-order valence-corrected chi connectivity index (χ0v) is 18.6. The van der Waals surface area contributed by atoms with Crippen molar-refractivity contribution in [2.75, 3.05) is 5.32 Å². The lowest BCUT2D eigenvalue weighted by Gasteiger charge is -2.30. The molecule has 164 valence electrons. The summed E-state index contributed by atoms with van der Waals surface area (Å²) in [5, 5.41) is 23.4. The van der Waals surface area contributed by atoms with Crippen LogP contribution in [0.2, 0.25) is 0 Å². The topological polar surface area (TPSA) is 69.6 Å². The summed E-state index contributed by atoms with van der Waals surface area (Å²) >= 11 is 0. The van der Waals surface area contributed by atoms with Gasteiger partial charge in [0, 0.05) is 11.3 Å². The number of fused-ring (bicyclic) bond motifs is 1. The standard InChI is InChI=1S/C29H25NO3/c1-18-14-23(15-19(2)27(18)32)29(22-9-11-24(31)12-10-22)25-13-8-21(17-26(25)30-28(29)33)16-20-6-4-3-5-7-20/h3-15,17,31-32H,16H2,1-2H3,(H,30,33). The van der Waals surface area contributed by atoms with Crippen molar-refractivity contribution >= 4 is 11.6 Å². The molecule has 0 saturated heterocycles. The SMILES string of the molecule is Cc1cc(C2(c3ccc(O)cc3)C(=O)Nc3cc(Cc4ccccc4)ccc32)cc(C)c1O. The van der Waals surface area contributed by atoms with Crippen LogP contribution in [0.15, 0.2) is 84.9 Å². The van der Waals surface area contributed by atoms with E-state index in [1.54, 1.807) is 24.3 Å². The number of phenolic OH excluding ortho intramolecular Hbond substituents is 2. The Hall–Kier alpha value is -4.05. The second-order valence-electron chi connectivity index (χ2n) is 8.75. The Bertz CT molecular complexity index is 1340. The Morgan fingerprint density at radius 2 is 1.42 bits per heavy atom. The Balaban J connectivity index is 1.71. The monoisotopic (exact) mass is 435 g/mol. The molecule has 5 rings (SSSR count). The van der Waals surface area contributed by atoms with Crippen LogP contribution in [0.1, 0.15) is 38.9 Å². The van der Waals surface area contributed by atoms with Crippen LogP contribution < -0.4 is 5.32 Å². The molecule has 33 heavy (non-hydrogen) atoms. The maximum absolute atomic E-state index is 13.8. The van der Waals surface area contributed by atoms with Crippen LogP contribution in [0.25, 0.3) is 0 Å². The summed E-state index contributed by atoms with van der Waals surface area (Å²) in [6.45, 7) is 3.68. The second-order valence-corrected chi connectivity index (χ2v) is 8.75. The van der Waals surface area contributed by atoms with Gasteiger partial charge in [-0.1, -0.05) is 66.7 Å². The molecule has 1 unspecified atom stereocenters. The zero-order chi connectivity index (χ0) is 23.2. The number of carbonyl (C=O) groups is 1. The van der Waals surface area contributed by atoms with Gasteiger partial charge in [0.05, 0.1) is 0 Å². The van der Waals surface area contributed by atoms with Crippen molar-refractivity contribution in [2.45, 2.75) is 25.7 Å². The molecule has 0 radical (unpaired) electrons. The van der Waals surface area contributed by atoms with Gasteiger partial charge in [0.25, 0.3) is 0 Å². The molecule has 1 heterocycles. The fourth-order valence-electron chi connectivity index (χ4n) is 4.93. The van der Waals surface area contributed by atoms with Gasteiger partial charge in [-0.3, -0.25) is 4.79 Å². The van der Waals surface area contributed by atoms with Crippen LogP contribution in [0, 0.1) is 13.8 Å². The van der Waals surface area contributed by atoms with Crippen molar-refractivity contribution in [3.63, 3.8) is 0 Å². The molecule has 0 bridgehead atoms. The highest BCUT2D eigenvalue weighted by molar-refractivity contribution is 6.11. The molecule has 1 aliphatic heterocycles. The molecule has 3 N–H and O–H groups in total. The van der Waals surface area contributed by atoms with E-state index in [0.717, 1.165) is 34.4 Å². The molecular weight excluding hydrogens is 410 g/mol. The van der Waals surface area contributed by atoms with Gasteiger partial charge in [-0.15, -0.1) is 0 Å². The second kappa shape index (κ2) is 7.82. The van der Waals surface area contributed by atoms with Gasteiger partial charge >= 0.3 is 0 Å². The quantitative estimate of drug-likeness (QED) is 0.391. The summed E-state index contributed by atoms with van der Waals surface area (Å²) in [4.78, 5) is 13.8. The van der Waals surface area contributed by atoms with Crippen LogP contribution in [-0.4, -0.2) is 16.1 Å². The molecule has 0 fully saturated rings. The highest BCUT2D eigenvalue weighted by Crippen LogP contribution is 2.49. The molecule has 0 saturated carbocycles. The van der Waals surface area contributed by atoms with Gasteiger partial charge in [0.15, 0.2) is 0 Å². The Kier molecular flexibility index (Phi) is 4.94. The minimum Gasteiger partial charge on any atom is -0.508 e. The number of amides is 1. The van der Waals surface area contributed by atoms with E-state index in [-0.39, 0.29) is 17.4 Å². The Morgan fingerprint density at radius 1 is 0.758 bits per heavy atom. The molecule has 1 aliphatic rings. The van der Waals surface area contributed by atoms with Gasteiger partial charge in [-0.2, -0.15) is 0 Å². The lowest BCUT2D eigenvalue weighted by atomic mass is 9.69. The number of hydrogen-bond donors (Lipinski definition) is 3. The lowest BCUT2D eigenvalue weighted by Crippen LogP contribution is -2.37. The number of phenols is 2. The third kappa shape index (κ3) is 3.35. The highest BCUT2D eigenvalue weighted by Gasteiger charge is 2.50. The third-order valence-electron chi connectivity index (χ3n) is 6.55. The predicted octanol–water partition coefficient (Wildman–Crippen LogP) is 5.59. The molecular formula is C29H25NO3. The Morgan fingerprint density at radius 3 is 2.09 bits per heavy atom. The molecule has 0 aromatic heterocycles. The van der Waals surface area contributed by atoms with Crippen LogP contribution in [0.4, 0.5) is 5.69 Å². The smallest absolute Gasteiger partial charge is 0.244 e. The van der Waals surface area contributed by atoms with Crippen molar-refractivity contribution in [3.8, 4) is 11.5 Å². The van der Waals surface area contributed by atoms with Gasteiger partial charge in [-0.05, 0) is 71.8 Å². The number of anilines is 1. The fourth-order valence-corrected chi connectivity index (χ4v) is 4.93.